The molecule has 2 rings (SSSR count). The summed E-state index contributed by atoms with van der Waals surface area (Å²) in [5, 5.41) is 0. The molecule has 7 nitrogen and oxygen atoms in total. The summed E-state index contributed by atoms with van der Waals surface area (Å²) >= 11 is 0. The lowest BCUT2D eigenvalue weighted by Crippen LogP contribution is -2.41. The number of hydrogen-bond donors (Lipinski definition) is 0. The van der Waals surface area contributed by atoms with E-state index in [0.717, 1.165) is 25.7 Å². The number of rotatable bonds is 7. The van der Waals surface area contributed by atoms with Crippen molar-refractivity contribution in [1.29, 1.82) is 0 Å². The van der Waals surface area contributed by atoms with E-state index in [1.165, 1.54) is 27.2 Å². The maximum Gasteiger partial charge on any atom is 0.271 e. The summed E-state index contributed by atoms with van der Waals surface area (Å²) < 4.78 is 28.3. The van der Waals surface area contributed by atoms with Gasteiger partial charge in [0.25, 0.3) is 5.56 Å². The number of carbonyl (C=O) groups is 1. The van der Waals surface area contributed by atoms with E-state index in [1.54, 1.807) is 11.9 Å². The Morgan fingerprint density at radius 1 is 1.31 bits per heavy atom. The van der Waals surface area contributed by atoms with Crippen LogP contribution in [0.15, 0.2) is 28.0 Å². The quantitative estimate of drug-likeness (QED) is 0.715. The lowest BCUT2D eigenvalue weighted by atomic mass is 10.0. The van der Waals surface area contributed by atoms with Gasteiger partial charge >= 0.3 is 0 Å². The monoisotopic (exact) mass is 383 g/mol. The number of hydrogen-bond acceptors (Lipinski definition) is 4. The standard InChI is InChI=1S/C18H29N3O4S/c1-4-5-10-19(3)17(22)14-20-11-6-7-16(18(20)23)26(24,25)21-12-8-15(2)9-13-21/h6-7,11,15H,4-5,8-10,12-14H2,1-3H3. The number of carbonyl (C=O) groups excluding carboxylic acids is 1. The smallest absolute Gasteiger partial charge is 0.271 e. The molecule has 0 saturated carbocycles. The zero-order valence-electron chi connectivity index (χ0n) is 15.8. The van der Waals surface area contributed by atoms with Crippen LogP contribution >= 0.6 is 0 Å². The minimum atomic E-state index is -3.83. The Labute approximate surface area is 155 Å². The average Bonchev–Trinajstić information content (AvgIpc) is 2.61. The zero-order valence-corrected chi connectivity index (χ0v) is 16.7. The number of sulfonamides is 1. The number of piperidine rings is 1. The highest BCUT2D eigenvalue weighted by Gasteiger charge is 2.30. The molecule has 1 amide bonds. The number of nitrogens with zero attached hydrogens (tertiary/aromatic N) is 3. The average molecular weight is 384 g/mol. The summed E-state index contributed by atoms with van der Waals surface area (Å²) in [5.41, 5.74) is -0.636. The molecule has 1 aromatic heterocycles. The SMILES string of the molecule is CCCCN(C)C(=O)Cn1cccc(S(=O)(=O)N2CCC(C)CC2)c1=O. The van der Waals surface area contributed by atoms with Gasteiger partial charge in [0, 0.05) is 32.9 Å². The highest BCUT2D eigenvalue weighted by Crippen LogP contribution is 2.21. The van der Waals surface area contributed by atoms with Crippen LogP contribution in [0, 0.1) is 5.92 Å². The van der Waals surface area contributed by atoms with Crippen molar-refractivity contribution in [3.63, 3.8) is 0 Å². The number of likely N-dealkylation sites (N-methyl/N-ethyl adjacent to an activating group) is 1. The van der Waals surface area contributed by atoms with Crippen molar-refractivity contribution in [1.82, 2.24) is 13.8 Å². The van der Waals surface area contributed by atoms with E-state index in [4.69, 9.17) is 0 Å². The van der Waals surface area contributed by atoms with Crippen LogP contribution in [0.1, 0.15) is 39.5 Å². The van der Waals surface area contributed by atoms with Gasteiger partial charge in [0.2, 0.25) is 15.9 Å². The van der Waals surface area contributed by atoms with Gasteiger partial charge in [-0.25, -0.2) is 8.42 Å². The van der Waals surface area contributed by atoms with Crippen LogP contribution in [0.2, 0.25) is 0 Å². The lowest BCUT2D eigenvalue weighted by molar-refractivity contribution is -0.130. The third kappa shape index (κ3) is 4.73. The summed E-state index contributed by atoms with van der Waals surface area (Å²) in [6.45, 7) is 5.46. The van der Waals surface area contributed by atoms with Crippen molar-refractivity contribution in [2.24, 2.45) is 5.92 Å². The molecule has 0 atom stereocenters. The summed E-state index contributed by atoms with van der Waals surface area (Å²) in [6, 6.07) is 2.84. The first kappa shape index (κ1) is 20.6. The number of aromatic nitrogens is 1. The Morgan fingerprint density at radius 3 is 2.58 bits per heavy atom. The van der Waals surface area contributed by atoms with E-state index < -0.39 is 15.6 Å². The Hall–Kier alpha value is -1.67. The van der Waals surface area contributed by atoms with Crippen molar-refractivity contribution in [3.05, 3.63) is 28.7 Å². The first-order chi connectivity index (χ1) is 12.3. The molecule has 146 valence electrons. The molecule has 1 fully saturated rings. The van der Waals surface area contributed by atoms with Crippen LogP contribution in [-0.4, -0.2) is 54.8 Å². The minimum absolute atomic E-state index is 0.153. The van der Waals surface area contributed by atoms with Crippen molar-refractivity contribution < 1.29 is 13.2 Å². The topological polar surface area (TPSA) is 79.7 Å². The van der Waals surface area contributed by atoms with E-state index in [1.807, 2.05) is 6.92 Å². The van der Waals surface area contributed by atoms with Crippen LogP contribution in [0.4, 0.5) is 0 Å². The fraction of sp³-hybridized carbons (Fsp3) is 0.667. The van der Waals surface area contributed by atoms with Crippen molar-refractivity contribution in [3.8, 4) is 0 Å². The van der Waals surface area contributed by atoms with Crippen molar-refractivity contribution >= 4 is 15.9 Å². The molecular weight excluding hydrogens is 354 g/mol. The molecule has 2 heterocycles. The first-order valence-corrected chi connectivity index (χ1v) is 10.6. The van der Waals surface area contributed by atoms with Gasteiger partial charge in [-0.1, -0.05) is 20.3 Å². The van der Waals surface area contributed by atoms with Gasteiger partial charge in [-0.15, -0.1) is 0 Å². The summed E-state index contributed by atoms with van der Waals surface area (Å²) in [5.74, 6) is 0.284. The predicted octanol–water partition coefficient (Wildman–Crippen LogP) is 1.53. The van der Waals surface area contributed by atoms with Gasteiger partial charge in [0.15, 0.2) is 0 Å². The second-order valence-electron chi connectivity index (χ2n) is 7.06. The lowest BCUT2D eigenvalue weighted by Gasteiger charge is -2.29. The molecule has 0 bridgehead atoms. The highest BCUT2D eigenvalue weighted by atomic mass is 32.2. The molecule has 0 aliphatic carbocycles. The molecule has 0 radical (unpaired) electrons. The van der Waals surface area contributed by atoms with Crippen molar-refractivity contribution in [2.75, 3.05) is 26.7 Å². The zero-order chi connectivity index (χ0) is 19.3. The van der Waals surface area contributed by atoms with E-state index in [9.17, 15) is 18.0 Å². The maximum absolute atomic E-state index is 12.8. The molecule has 0 N–H and O–H groups in total. The maximum atomic E-state index is 12.8. The van der Waals surface area contributed by atoms with Crippen LogP contribution in [0.5, 0.6) is 0 Å². The minimum Gasteiger partial charge on any atom is -0.344 e. The number of unbranched alkanes of at least 4 members (excludes halogenated alkanes) is 1. The van der Waals surface area contributed by atoms with Gasteiger partial charge in [-0.05, 0) is 37.3 Å². The van der Waals surface area contributed by atoms with Crippen LogP contribution in [0.25, 0.3) is 0 Å². The summed E-state index contributed by atoms with van der Waals surface area (Å²) in [6.07, 6.45) is 4.91. The normalized spacial score (nSPS) is 16.6. The highest BCUT2D eigenvalue weighted by molar-refractivity contribution is 7.89. The Kier molecular flexibility index (Phi) is 7.00. The Morgan fingerprint density at radius 2 is 1.96 bits per heavy atom. The molecule has 26 heavy (non-hydrogen) atoms. The van der Waals surface area contributed by atoms with Gasteiger partial charge < -0.3 is 9.47 Å². The van der Waals surface area contributed by atoms with Gasteiger partial charge in [-0.3, -0.25) is 9.59 Å². The largest absolute Gasteiger partial charge is 0.344 e. The second kappa shape index (κ2) is 8.81. The predicted molar refractivity (Wildman–Crippen MR) is 100 cm³/mol. The third-order valence-corrected chi connectivity index (χ3v) is 6.84. The molecule has 0 spiro atoms. The van der Waals surface area contributed by atoms with Crippen LogP contribution in [0.3, 0.4) is 0 Å². The van der Waals surface area contributed by atoms with E-state index in [2.05, 4.69) is 6.92 Å². The van der Waals surface area contributed by atoms with Gasteiger partial charge in [-0.2, -0.15) is 4.31 Å². The molecule has 8 heteroatoms. The Balaban J connectivity index is 2.21. The van der Waals surface area contributed by atoms with E-state index in [-0.39, 0.29) is 17.3 Å². The number of pyridine rings is 1. The molecular formula is C18H29N3O4S. The van der Waals surface area contributed by atoms with Crippen LogP contribution in [-0.2, 0) is 21.4 Å². The Bertz CT molecular complexity index is 780. The summed E-state index contributed by atoms with van der Waals surface area (Å²) in [4.78, 5) is 26.3. The fourth-order valence-electron chi connectivity index (χ4n) is 2.99. The van der Waals surface area contributed by atoms with E-state index >= 15 is 0 Å². The molecule has 1 aromatic rings. The second-order valence-corrected chi connectivity index (χ2v) is 8.97. The van der Waals surface area contributed by atoms with E-state index in [0.29, 0.717) is 25.6 Å². The number of amides is 1. The molecule has 1 aliphatic rings. The van der Waals surface area contributed by atoms with Crippen LogP contribution < -0.4 is 5.56 Å². The third-order valence-electron chi connectivity index (χ3n) is 4.92. The molecule has 1 aliphatic heterocycles. The summed E-state index contributed by atoms with van der Waals surface area (Å²) in [7, 11) is -2.14. The van der Waals surface area contributed by atoms with Gasteiger partial charge in [0.1, 0.15) is 11.4 Å². The first-order valence-electron chi connectivity index (χ1n) is 9.21. The molecule has 0 unspecified atom stereocenters. The van der Waals surface area contributed by atoms with Gasteiger partial charge in [0.05, 0.1) is 0 Å². The van der Waals surface area contributed by atoms with Crippen molar-refractivity contribution in [2.45, 2.75) is 51.0 Å². The molecule has 0 aromatic carbocycles. The molecule has 1 saturated heterocycles. The fourth-order valence-corrected chi connectivity index (χ4v) is 4.54.